The second-order valence-electron chi connectivity index (χ2n) is 6.12. The third-order valence-electron chi connectivity index (χ3n) is 4.25. The average molecular weight is 381 g/mol. The van der Waals surface area contributed by atoms with Crippen molar-refractivity contribution in [3.8, 4) is 0 Å². The zero-order valence-corrected chi connectivity index (χ0v) is 14.9. The number of anilines is 2. The van der Waals surface area contributed by atoms with E-state index in [1.807, 2.05) is 0 Å². The Hall–Kier alpha value is -3.33. The summed E-state index contributed by atoms with van der Waals surface area (Å²) in [6, 6.07) is 11.3. The lowest BCUT2D eigenvalue weighted by Crippen LogP contribution is -2.41. The molecule has 2 aromatic carbocycles. The van der Waals surface area contributed by atoms with Gasteiger partial charge in [0.2, 0.25) is 11.8 Å². The standard InChI is InChI=1S/C18H15N5O3S/c24-16(19-10-5-6-13-15(9-10)23-27-22-13)8-7-14-18(26)20-12-4-2-1-3-11(12)17(25)21-14/h1-6,9,14H,7-8H2,(H,19,24)(H,20,26)(H,21,25). The lowest BCUT2D eigenvalue weighted by atomic mass is 10.1. The minimum absolute atomic E-state index is 0.0854. The molecule has 3 aromatic rings. The molecule has 1 aliphatic heterocycles. The molecule has 8 nitrogen and oxygen atoms in total. The number of hydrogen-bond donors (Lipinski definition) is 3. The molecule has 0 saturated carbocycles. The summed E-state index contributed by atoms with van der Waals surface area (Å²) in [6.45, 7) is 0. The van der Waals surface area contributed by atoms with Gasteiger partial charge in [-0.15, -0.1) is 0 Å². The molecule has 0 spiro atoms. The third kappa shape index (κ3) is 3.63. The van der Waals surface area contributed by atoms with Crippen LogP contribution in [0.2, 0.25) is 0 Å². The van der Waals surface area contributed by atoms with Crippen LogP contribution < -0.4 is 16.0 Å². The Balaban J connectivity index is 1.38. The minimum atomic E-state index is -0.777. The van der Waals surface area contributed by atoms with Crippen LogP contribution in [0, 0.1) is 0 Å². The van der Waals surface area contributed by atoms with Crippen LogP contribution in [0.25, 0.3) is 11.0 Å². The Morgan fingerprint density at radius 3 is 2.81 bits per heavy atom. The van der Waals surface area contributed by atoms with E-state index in [9.17, 15) is 14.4 Å². The monoisotopic (exact) mass is 381 g/mol. The first-order chi connectivity index (χ1) is 13.1. The van der Waals surface area contributed by atoms with Crippen LogP contribution in [0.1, 0.15) is 23.2 Å². The van der Waals surface area contributed by atoms with Crippen molar-refractivity contribution in [3.63, 3.8) is 0 Å². The van der Waals surface area contributed by atoms with Gasteiger partial charge in [-0.3, -0.25) is 14.4 Å². The Morgan fingerprint density at radius 1 is 1.11 bits per heavy atom. The summed E-state index contributed by atoms with van der Waals surface area (Å²) in [5.74, 6) is -0.923. The molecule has 4 rings (SSSR count). The van der Waals surface area contributed by atoms with Gasteiger partial charge in [-0.25, -0.2) is 0 Å². The van der Waals surface area contributed by atoms with Crippen molar-refractivity contribution in [2.75, 3.05) is 10.6 Å². The molecule has 0 saturated heterocycles. The summed E-state index contributed by atoms with van der Waals surface area (Å²) in [5, 5.41) is 8.18. The number of para-hydroxylation sites is 1. The number of nitrogens with one attached hydrogen (secondary N) is 3. The minimum Gasteiger partial charge on any atom is -0.340 e. The van der Waals surface area contributed by atoms with Gasteiger partial charge in [0.15, 0.2) is 0 Å². The van der Waals surface area contributed by atoms with Gasteiger partial charge in [0.25, 0.3) is 5.91 Å². The first kappa shape index (κ1) is 17.1. The van der Waals surface area contributed by atoms with E-state index >= 15 is 0 Å². The predicted octanol–water partition coefficient (Wildman–Crippen LogP) is 2.16. The van der Waals surface area contributed by atoms with E-state index in [2.05, 4.69) is 24.7 Å². The lowest BCUT2D eigenvalue weighted by molar-refractivity contribution is -0.118. The Kier molecular flexibility index (Phi) is 4.51. The lowest BCUT2D eigenvalue weighted by Gasteiger charge is -2.14. The quantitative estimate of drug-likeness (QED) is 0.641. The van der Waals surface area contributed by atoms with Crippen molar-refractivity contribution in [1.82, 2.24) is 14.1 Å². The number of aromatic nitrogens is 2. The van der Waals surface area contributed by atoms with Crippen molar-refractivity contribution < 1.29 is 14.4 Å². The van der Waals surface area contributed by atoms with Crippen LogP contribution in [0.15, 0.2) is 42.5 Å². The molecule has 1 unspecified atom stereocenters. The van der Waals surface area contributed by atoms with Crippen LogP contribution in [-0.2, 0) is 9.59 Å². The highest BCUT2D eigenvalue weighted by Crippen LogP contribution is 2.20. The van der Waals surface area contributed by atoms with Gasteiger partial charge < -0.3 is 16.0 Å². The topological polar surface area (TPSA) is 113 Å². The van der Waals surface area contributed by atoms with Gasteiger partial charge in [0, 0.05) is 12.1 Å². The summed E-state index contributed by atoms with van der Waals surface area (Å²) in [6.07, 6.45) is 0.278. The number of carbonyl (C=O) groups excluding carboxylic acids is 3. The van der Waals surface area contributed by atoms with E-state index in [1.54, 1.807) is 42.5 Å². The van der Waals surface area contributed by atoms with Gasteiger partial charge in [-0.05, 0) is 36.8 Å². The van der Waals surface area contributed by atoms with Crippen molar-refractivity contribution >= 4 is 51.9 Å². The number of hydrogen-bond acceptors (Lipinski definition) is 6. The fraction of sp³-hybridized carbons (Fsp3) is 0.167. The molecule has 0 bridgehead atoms. The molecule has 27 heavy (non-hydrogen) atoms. The van der Waals surface area contributed by atoms with E-state index < -0.39 is 6.04 Å². The first-order valence-corrected chi connectivity index (χ1v) is 9.06. The maximum atomic E-state index is 12.3. The summed E-state index contributed by atoms with van der Waals surface area (Å²) in [4.78, 5) is 36.9. The normalized spacial score (nSPS) is 16.2. The molecule has 0 fully saturated rings. The largest absolute Gasteiger partial charge is 0.340 e. The molecular formula is C18H15N5O3S. The second kappa shape index (κ2) is 7.12. The highest BCUT2D eigenvalue weighted by molar-refractivity contribution is 7.00. The summed E-state index contributed by atoms with van der Waals surface area (Å²) in [7, 11) is 0. The van der Waals surface area contributed by atoms with Crippen molar-refractivity contribution in [2.45, 2.75) is 18.9 Å². The molecule has 3 amide bonds. The van der Waals surface area contributed by atoms with Gasteiger partial charge in [0.1, 0.15) is 17.1 Å². The Bertz CT molecular complexity index is 1050. The molecular weight excluding hydrogens is 366 g/mol. The zero-order valence-electron chi connectivity index (χ0n) is 14.1. The number of amides is 3. The van der Waals surface area contributed by atoms with Gasteiger partial charge in [0.05, 0.1) is 23.0 Å². The smallest absolute Gasteiger partial charge is 0.254 e. The molecule has 1 aliphatic rings. The van der Waals surface area contributed by atoms with Crippen molar-refractivity contribution in [1.29, 1.82) is 0 Å². The fourth-order valence-electron chi connectivity index (χ4n) is 2.87. The van der Waals surface area contributed by atoms with Crippen molar-refractivity contribution in [3.05, 3.63) is 48.0 Å². The summed E-state index contributed by atoms with van der Waals surface area (Å²) in [5.41, 5.74) is 2.98. The van der Waals surface area contributed by atoms with Gasteiger partial charge in [-0.2, -0.15) is 8.75 Å². The second-order valence-corrected chi connectivity index (χ2v) is 6.64. The van der Waals surface area contributed by atoms with Crippen molar-refractivity contribution in [2.24, 2.45) is 0 Å². The van der Waals surface area contributed by atoms with E-state index in [0.717, 1.165) is 17.2 Å². The van der Waals surface area contributed by atoms with Gasteiger partial charge in [-0.1, -0.05) is 12.1 Å². The first-order valence-electron chi connectivity index (χ1n) is 8.33. The van der Waals surface area contributed by atoms with E-state index in [4.69, 9.17) is 0 Å². The molecule has 1 aromatic heterocycles. The summed E-state index contributed by atoms with van der Waals surface area (Å²) >= 11 is 1.11. The zero-order chi connectivity index (χ0) is 18.8. The number of nitrogens with zero attached hydrogens (tertiary/aromatic N) is 2. The highest BCUT2D eigenvalue weighted by Gasteiger charge is 2.27. The third-order valence-corrected chi connectivity index (χ3v) is 4.81. The Labute approximate surface area is 158 Å². The molecule has 2 heterocycles. The van der Waals surface area contributed by atoms with Crippen LogP contribution in [-0.4, -0.2) is 32.5 Å². The predicted molar refractivity (Wildman–Crippen MR) is 102 cm³/mol. The van der Waals surface area contributed by atoms with E-state index in [1.165, 1.54) is 0 Å². The SMILES string of the molecule is O=C(CCC1NC(=O)c2ccccc2NC1=O)Nc1ccc2nsnc2c1. The van der Waals surface area contributed by atoms with Crippen LogP contribution in [0.5, 0.6) is 0 Å². The maximum absolute atomic E-state index is 12.3. The molecule has 1 atom stereocenters. The molecule has 3 N–H and O–H groups in total. The highest BCUT2D eigenvalue weighted by atomic mass is 32.1. The molecule has 0 radical (unpaired) electrons. The van der Waals surface area contributed by atoms with E-state index in [-0.39, 0.29) is 30.6 Å². The number of fused-ring (bicyclic) bond motifs is 2. The van der Waals surface area contributed by atoms with Gasteiger partial charge >= 0.3 is 0 Å². The van der Waals surface area contributed by atoms with Crippen LogP contribution in [0.4, 0.5) is 11.4 Å². The molecule has 0 aliphatic carbocycles. The summed E-state index contributed by atoms with van der Waals surface area (Å²) < 4.78 is 8.24. The Morgan fingerprint density at radius 2 is 1.93 bits per heavy atom. The average Bonchev–Trinajstić information content (AvgIpc) is 3.08. The van der Waals surface area contributed by atoms with Crippen LogP contribution in [0.3, 0.4) is 0 Å². The number of rotatable bonds is 4. The molecule has 9 heteroatoms. The maximum Gasteiger partial charge on any atom is 0.254 e. The van der Waals surface area contributed by atoms with E-state index in [0.29, 0.717) is 22.5 Å². The number of carbonyl (C=O) groups is 3. The fourth-order valence-corrected chi connectivity index (χ4v) is 3.39. The molecule has 136 valence electrons. The number of benzene rings is 2. The van der Waals surface area contributed by atoms with Crippen LogP contribution >= 0.6 is 11.7 Å².